The first-order chi connectivity index (χ1) is 12.5. The third kappa shape index (κ3) is 3.85. The molecule has 0 radical (unpaired) electrons. The van der Waals surface area contributed by atoms with E-state index < -0.39 is 23.5 Å². The molecule has 2 aromatic rings. The van der Waals surface area contributed by atoms with Crippen LogP contribution in [0.3, 0.4) is 0 Å². The highest BCUT2D eigenvalue weighted by Gasteiger charge is 2.35. The van der Waals surface area contributed by atoms with Crippen LogP contribution in [0.2, 0.25) is 0 Å². The molecular weight excluding hydrogens is 328 g/mol. The molecule has 0 heterocycles. The maximum atomic E-state index is 12.4. The van der Waals surface area contributed by atoms with Crippen molar-refractivity contribution in [1.29, 1.82) is 5.26 Å². The van der Waals surface area contributed by atoms with Crippen molar-refractivity contribution in [1.82, 2.24) is 5.32 Å². The van der Waals surface area contributed by atoms with E-state index in [0.717, 1.165) is 30.0 Å². The molecule has 1 fully saturated rings. The van der Waals surface area contributed by atoms with Gasteiger partial charge >= 0.3 is 5.97 Å². The lowest BCUT2D eigenvalue weighted by Crippen LogP contribution is -2.52. The van der Waals surface area contributed by atoms with E-state index in [0.29, 0.717) is 18.4 Å². The summed E-state index contributed by atoms with van der Waals surface area (Å²) >= 11 is 0. The molecule has 0 spiro atoms. The minimum absolute atomic E-state index is 0.399. The number of fused-ring (bicyclic) bond motifs is 1. The Hall–Kier alpha value is -2.87. The van der Waals surface area contributed by atoms with E-state index in [4.69, 9.17) is 4.74 Å². The number of rotatable bonds is 4. The van der Waals surface area contributed by atoms with E-state index >= 15 is 0 Å². The lowest BCUT2D eigenvalue weighted by Gasteiger charge is -2.32. The molecule has 1 atom stereocenters. The molecule has 1 aliphatic rings. The lowest BCUT2D eigenvalue weighted by molar-refractivity contribution is -0.130. The molecule has 0 aliphatic heterocycles. The monoisotopic (exact) mass is 350 g/mol. The molecule has 5 heteroatoms. The van der Waals surface area contributed by atoms with Crippen LogP contribution in [-0.4, -0.2) is 23.5 Å². The number of carbonyl (C=O) groups excluding carboxylic acids is 2. The van der Waals surface area contributed by atoms with Crippen molar-refractivity contribution in [3.63, 3.8) is 0 Å². The quantitative estimate of drug-likeness (QED) is 0.852. The summed E-state index contributed by atoms with van der Waals surface area (Å²) in [6, 6.07) is 15.2. The van der Waals surface area contributed by atoms with Crippen molar-refractivity contribution < 1.29 is 14.3 Å². The van der Waals surface area contributed by atoms with Crippen LogP contribution in [0.4, 0.5) is 0 Å². The Kier molecular flexibility index (Phi) is 5.22. The minimum Gasteiger partial charge on any atom is -0.449 e. The average Bonchev–Trinajstić information content (AvgIpc) is 2.68. The van der Waals surface area contributed by atoms with Crippen LogP contribution < -0.4 is 5.32 Å². The Morgan fingerprint density at radius 3 is 2.50 bits per heavy atom. The number of nitriles is 1. The zero-order valence-electron chi connectivity index (χ0n) is 14.8. The third-order valence-electron chi connectivity index (χ3n) is 4.92. The fraction of sp³-hybridized carbons (Fsp3) is 0.381. The molecule has 1 amide bonds. The van der Waals surface area contributed by atoms with Crippen LogP contribution in [-0.2, 0) is 9.53 Å². The summed E-state index contributed by atoms with van der Waals surface area (Å²) in [5.41, 5.74) is -0.435. The van der Waals surface area contributed by atoms with Crippen LogP contribution >= 0.6 is 0 Å². The molecule has 2 aromatic carbocycles. The second-order valence-corrected chi connectivity index (χ2v) is 6.85. The van der Waals surface area contributed by atoms with Gasteiger partial charge in [-0.2, -0.15) is 5.26 Å². The molecular formula is C21H22N2O3. The predicted molar refractivity (Wildman–Crippen MR) is 98.4 cm³/mol. The number of benzene rings is 2. The van der Waals surface area contributed by atoms with Gasteiger partial charge in [-0.15, -0.1) is 0 Å². The largest absolute Gasteiger partial charge is 0.449 e. The first-order valence-corrected chi connectivity index (χ1v) is 8.96. The Bertz CT molecular complexity index is 863. The van der Waals surface area contributed by atoms with E-state index in [1.165, 1.54) is 6.92 Å². The Morgan fingerprint density at radius 1 is 1.12 bits per heavy atom. The number of nitrogens with zero attached hydrogens (tertiary/aromatic N) is 1. The van der Waals surface area contributed by atoms with Gasteiger partial charge in [0.15, 0.2) is 6.10 Å². The smallest absolute Gasteiger partial charge is 0.338 e. The standard InChI is InChI=1S/C21H22N2O3/c1-15(19(24)23-21(14-22)11-5-2-6-12-21)26-20(25)18-10-9-16-7-3-4-8-17(16)13-18/h3-4,7-10,13,15H,2,5-6,11-12H2,1H3,(H,23,24)/t15-/m1/s1. The summed E-state index contributed by atoms with van der Waals surface area (Å²) in [6.45, 7) is 1.53. The van der Waals surface area contributed by atoms with Gasteiger partial charge in [-0.1, -0.05) is 49.6 Å². The van der Waals surface area contributed by atoms with E-state index in [1.54, 1.807) is 12.1 Å². The number of esters is 1. The van der Waals surface area contributed by atoms with Gasteiger partial charge in [0.25, 0.3) is 5.91 Å². The maximum absolute atomic E-state index is 12.4. The fourth-order valence-electron chi connectivity index (χ4n) is 3.36. The van der Waals surface area contributed by atoms with Crippen molar-refractivity contribution in [2.75, 3.05) is 0 Å². The lowest BCUT2D eigenvalue weighted by atomic mass is 9.83. The van der Waals surface area contributed by atoms with E-state index in [9.17, 15) is 14.9 Å². The predicted octanol–water partition coefficient (Wildman–Crippen LogP) is 3.73. The van der Waals surface area contributed by atoms with Crippen LogP contribution in [0, 0.1) is 11.3 Å². The van der Waals surface area contributed by atoms with Crippen LogP contribution in [0.5, 0.6) is 0 Å². The molecule has 1 N–H and O–H groups in total. The van der Waals surface area contributed by atoms with E-state index in [2.05, 4.69) is 11.4 Å². The van der Waals surface area contributed by atoms with Gasteiger partial charge in [-0.3, -0.25) is 4.79 Å². The molecule has 134 valence electrons. The van der Waals surface area contributed by atoms with Gasteiger partial charge in [0.05, 0.1) is 11.6 Å². The highest BCUT2D eigenvalue weighted by Crippen LogP contribution is 2.27. The molecule has 0 unspecified atom stereocenters. The highest BCUT2D eigenvalue weighted by atomic mass is 16.5. The summed E-state index contributed by atoms with van der Waals surface area (Å²) in [5, 5.41) is 14.2. The number of nitrogens with one attached hydrogen (secondary N) is 1. The highest BCUT2D eigenvalue weighted by molar-refractivity contribution is 5.96. The molecule has 0 aromatic heterocycles. The number of hydrogen-bond donors (Lipinski definition) is 1. The van der Waals surface area contributed by atoms with Gasteiger partial charge in [-0.05, 0) is 42.7 Å². The zero-order valence-corrected chi connectivity index (χ0v) is 14.8. The molecule has 3 rings (SSSR count). The summed E-state index contributed by atoms with van der Waals surface area (Å²) in [5.74, 6) is -0.976. The van der Waals surface area contributed by atoms with Gasteiger partial charge in [-0.25, -0.2) is 4.79 Å². The SMILES string of the molecule is C[C@@H](OC(=O)c1ccc2ccccc2c1)C(=O)NC1(C#N)CCCCC1. The minimum atomic E-state index is -0.957. The van der Waals surface area contributed by atoms with Crippen molar-refractivity contribution in [3.8, 4) is 6.07 Å². The average molecular weight is 350 g/mol. The fourth-order valence-corrected chi connectivity index (χ4v) is 3.36. The van der Waals surface area contributed by atoms with Gasteiger partial charge in [0, 0.05) is 0 Å². The van der Waals surface area contributed by atoms with Crippen molar-refractivity contribution in [2.45, 2.75) is 50.7 Å². The molecule has 1 saturated carbocycles. The molecule has 0 bridgehead atoms. The summed E-state index contributed by atoms with van der Waals surface area (Å²) in [7, 11) is 0. The second-order valence-electron chi connectivity index (χ2n) is 6.85. The van der Waals surface area contributed by atoms with Crippen LogP contribution in [0.25, 0.3) is 10.8 Å². The van der Waals surface area contributed by atoms with Gasteiger partial charge in [0.2, 0.25) is 0 Å². The Labute approximate surface area is 153 Å². The topological polar surface area (TPSA) is 79.2 Å². The second kappa shape index (κ2) is 7.57. The number of hydrogen-bond acceptors (Lipinski definition) is 4. The molecule has 5 nitrogen and oxygen atoms in total. The first kappa shape index (κ1) is 17.9. The number of ether oxygens (including phenoxy) is 1. The van der Waals surface area contributed by atoms with Crippen molar-refractivity contribution in [3.05, 3.63) is 48.0 Å². The number of carbonyl (C=O) groups is 2. The third-order valence-corrected chi connectivity index (χ3v) is 4.92. The first-order valence-electron chi connectivity index (χ1n) is 8.96. The normalized spacial score (nSPS) is 17.1. The van der Waals surface area contributed by atoms with E-state index in [1.807, 2.05) is 30.3 Å². The van der Waals surface area contributed by atoms with Gasteiger partial charge in [0.1, 0.15) is 5.54 Å². The Balaban J connectivity index is 1.66. The molecule has 1 aliphatic carbocycles. The molecule has 0 saturated heterocycles. The van der Waals surface area contributed by atoms with Crippen molar-refractivity contribution >= 4 is 22.6 Å². The summed E-state index contributed by atoms with van der Waals surface area (Å²) < 4.78 is 5.32. The zero-order chi connectivity index (χ0) is 18.6. The summed E-state index contributed by atoms with van der Waals surface area (Å²) in [6.07, 6.45) is 3.23. The number of amides is 1. The van der Waals surface area contributed by atoms with E-state index in [-0.39, 0.29) is 0 Å². The van der Waals surface area contributed by atoms with Crippen LogP contribution in [0.1, 0.15) is 49.4 Å². The maximum Gasteiger partial charge on any atom is 0.338 e. The van der Waals surface area contributed by atoms with Gasteiger partial charge < -0.3 is 10.1 Å². The van der Waals surface area contributed by atoms with Crippen LogP contribution in [0.15, 0.2) is 42.5 Å². The summed E-state index contributed by atoms with van der Waals surface area (Å²) in [4.78, 5) is 24.8. The Morgan fingerprint density at radius 2 is 1.81 bits per heavy atom. The molecule has 26 heavy (non-hydrogen) atoms. The van der Waals surface area contributed by atoms with Crippen molar-refractivity contribution in [2.24, 2.45) is 0 Å².